The molecule has 5 rings (SSSR count). The maximum absolute atomic E-state index is 13.4. The Hall–Kier alpha value is -3.24. The Morgan fingerprint density at radius 2 is 2.03 bits per heavy atom. The van der Waals surface area contributed by atoms with E-state index in [0.717, 1.165) is 12.5 Å². The molecule has 3 heterocycles. The van der Waals surface area contributed by atoms with E-state index in [9.17, 15) is 22.4 Å². The van der Waals surface area contributed by atoms with E-state index in [4.69, 9.17) is 4.74 Å². The van der Waals surface area contributed by atoms with Crippen molar-refractivity contribution in [2.75, 3.05) is 12.4 Å². The maximum atomic E-state index is 13.4. The largest absolute Gasteiger partial charge is 0.478 e. The third-order valence-corrected chi connectivity index (χ3v) is 6.65. The molecule has 0 bridgehead atoms. The Bertz CT molecular complexity index is 1200. The second-order valence-corrected chi connectivity index (χ2v) is 8.22. The lowest BCUT2D eigenvalue weighted by Gasteiger charge is -2.62. The fourth-order valence-corrected chi connectivity index (χ4v) is 4.84. The van der Waals surface area contributed by atoms with Crippen LogP contribution in [-0.2, 0) is 0 Å². The number of nitrogens with one attached hydrogen (secondary N) is 1. The second-order valence-electron chi connectivity index (χ2n) is 8.22. The summed E-state index contributed by atoms with van der Waals surface area (Å²) in [5.74, 6) is -0.611. The lowest BCUT2D eigenvalue weighted by Crippen LogP contribution is -2.58. The van der Waals surface area contributed by atoms with Crippen LogP contribution in [-0.4, -0.2) is 38.8 Å². The van der Waals surface area contributed by atoms with Crippen LogP contribution in [0.1, 0.15) is 53.5 Å². The first kappa shape index (κ1) is 20.7. The molecule has 3 unspecified atom stereocenters. The van der Waals surface area contributed by atoms with Crippen molar-refractivity contribution >= 4 is 17.4 Å². The van der Waals surface area contributed by atoms with E-state index in [0.29, 0.717) is 24.2 Å². The quantitative estimate of drug-likeness (QED) is 0.562. The highest BCUT2D eigenvalue weighted by Crippen LogP contribution is 2.69. The number of alkyl halides is 4. The Balaban J connectivity index is 1.41. The van der Waals surface area contributed by atoms with Gasteiger partial charge in [0, 0.05) is 17.5 Å². The maximum Gasteiger partial charge on any atom is 0.280 e. The molecule has 3 atom stereocenters. The summed E-state index contributed by atoms with van der Waals surface area (Å²) in [6, 6.07) is 3.77. The zero-order chi connectivity index (χ0) is 22.6. The lowest BCUT2D eigenvalue weighted by atomic mass is 9.42. The smallest absolute Gasteiger partial charge is 0.280 e. The normalized spacial score (nSPS) is 24.2. The first-order valence-electron chi connectivity index (χ1n) is 10.1. The van der Waals surface area contributed by atoms with Crippen LogP contribution >= 0.6 is 0 Å². The van der Waals surface area contributed by atoms with E-state index in [-0.39, 0.29) is 29.2 Å². The van der Waals surface area contributed by atoms with Gasteiger partial charge in [-0.2, -0.15) is 4.98 Å². The Morgan fingerprint density at radius 1 is 1.22 bits per heavy atom. The molecular formula is C21H19F4N5O2. The number of halogens is 4. The number of imidazole rings is 1. The molecule has 32 heavy (non-hydrogen) atoms. The first-order valence-corrected chi connectivity index (χ1v) is 10.1. The molecule has 0 radical (unpaired) electrons. The van der Waals surface area contributed by atoms with Gasteiger partial charge in [-0.15, -0.1) is 0 Å². The number of ether oxygens (including phenoxy) is 1. The molecule has 11 heteroatoms. The predicted octanol–water partition coefficient (Wildman–Crippen LogP) is 4.47. The molecule has 2 fully saturated rings. The van der Waals surface area contributed by atoms with Gasteiger partial charge >= 0.3 is 0 Å². The van der Waals surface area contributed by atoms with Crippen LogP contribution in [0.25, 0.3) is 5.65 Å². The molecule has 0 spiro atoms. The van der Waals surface area contributed by atoms with Gasteiger partial charge in [-0.05, 0) is 37.3 Å². The number of rotatable bonds is 6. The third kappa shape index (κ3) is 3.09. The number of aromatic nitrogens is 4. The van der Waals surface area contributed by atoms with Crippen LogP contribution in [0.5, 0.6) is 5.88 Å². The van der Waals surface area contributed by atoms with Gasteiger partial charge in [-0.25, -0.2) is 27.5 Å². The van der Waals surface area contributed by atoms with E-state index in [2.05, 4.69) is 20.3 Å². The molecule has 2 aliphatic rings. The molecule has 1 amide bonds. The third-order valence-electron chi connectivity index (χ3n) is 6.65. The molecule has 2 saturated carbocycles. The van der Waals surface area contributed by atoms with Gasteiger partial charge in [0.2, 0.25) is 12.1 Å². The van der Waals surface area contributed by atoms with Crippen LogP contribution in [0.15, 0.2) is 30.6 Å². The Labute approximate surface area is 179 Å². The first-order chi connectivity index (χ1) is 15.3. The van der Waals surface area contributed by atoms with Crippen molar-refractivity contribution in [2.45, 2.75) is 38.0 Å². The lowest BCUT2D eigenvalue weighted by molar-refractivity contribution is -0.192. The average Bonchev–Trinajstić information content (AvgIpc) is 3.18. The Kier molecular flexibility index (Phi) is 4.79. The van der Waals surface area contributed by atoms with Crippen LogP contribution in [0.3, 0.4) is 0 Å². The molecule has 1 N–H and O–H groups in total. The topological polar surface area (TPSA) is 81.4 Å². The highest BCUT2D eigenvalue weighted by atomic mass is 19.3. The fourth-order valence-electron chi connectivity index (χ4n) is 4.84. The van der Waals surface area contributed by atoms with Gasteiger partial charge in [-0.1, -0.05) is 6.07 Å². The van der Waals surface area contributed by atoms with Crippen molar-refractivity contribution in [3.63, 3.8) is 0 Å². The van der Waals surface area contributed by atoms with Crippen molar-refractivity contribution < 1.29 is 27.1 Å². The van der Waals surface area contributed by atoms with Gasteiger partial charge in [0.1, 0.15) is 11.4 Å². The number of methoxy groups -OCH3 is 1. The molecule has 7 nitrogen and oxygen atoms in total. The number of carbonyl (C=O) groups excluding carboxylic acids is 1. The van der Waals surface area contributed by atoms with Crippen LogP contribution in [0, 0.1) is 11.3 Å². The van der Waals surface area contributed by atoms with Crippen molar-refractivity contribution in [2.24, 2.45) is 11.3 Å². The fraction of sp³-hybridized carbons (Fsp3) is 0.429. The van der Waals surface area contributed by atoms with Crippen LogP contribution < -0.4 is 10.1 Å². The summed E-state index contributed by atoms with van der Waals surface area (Å²) in [5, 5.41) is 2.52. The summed E-state index contributed by atoms with van der Waals surface area (Å²) >= 11 is 0. The van der Waals surface area contributed by atoms with Crippen molar-refractivity contribution in [1.29, 1.82) is 0 Å². The number of amides is 1. The number of hydrogen-bond donors (Lipinski definition) is 1. The van der Waals surface area contributed by atoms with E-state index in [1.165, 1.54) is 25.4 Å². The van der Waals surface area contributed by atoms with Crippen molar-refractivity contribution in [3.8, 4) is 5.88 Å². The Morgan fingerprint density at radius 3 is 2.66 bits per heavy atom. The van der Waals surface area contributed by atoms with Gasteiger partial charge in [0.25, 0.3) is 18.2 Å². The summed E-state index contributed by atoms with van der Waals surface area (Å²) < 4.78 is 59.5. The number of fused-ring (bicyclic) bond motifs is 2. The monoisotopic (exact) mass is 449 g/mol. The van der Waals surface area contributed by atoms with E-state index >= 15 is 0 Å². The highest BCUT2D eigenvalue weighted by Gasteiger charge is 2.65. The van der Waals surface area contributed by atoms with Crippen molar-refractivity contribution in [3.05, 3.63) is 47.7 Å². The minimum absolute atomic E-state index is 0.0540. The number of anilines is 1. The highest BCUT2D eigenvalue weighted by molar-refractivity contribution is 6.02. The number of pyridine rings is 1. The second kappa shape index (κ2) is 7.42. The molecule has 3 aromatic heterocycles. The summed E-state index contributed by atoms with van der Waals surface area (Å²) in [5.41, 5.74) is -0.484. The molecular weight excluding hydrogens is 430 g/mol. The SMILES string of the molecule is COc1nc(NC(=O)c2cccc(C(F)F)n2)cn2cc(C3CC4(C(F)F)CCC34)nc12. The minimum atomic E-state index is -2.80. The molecule has 0 saturated heterocycles. The minimum Gasteiger partial charge on any atom is -0.478 e. The van der Waals surface area contributed by atoms with Gasteiger partial charge in [0.05, 0.1) is 19.0 Å². The molecule has 2 aliphatic carbocycles. The van der Waals surface area contributed by atoms with Crippen LogP contribution in [0.2, 0.25) is 0 Å². The predicted molar refractivity (Wildman–Crippen MR) is 105 cm³/mol. The average molecular weight is 449 g/mol. The standard InChI is InChI=1S/C21H19F4N5O2/c1-32-19-17-27-14(10-7-21(20(24)25)6-5-11(10)21)8-30(17)9-15(29-19)28-18(31)13-4-2-3-12(26-13)16(22)23/h2-4,8-11,16,20H,5-7H2,1H3,(H,28,31). The number of hydrogen-bond acceptors (Lipinski definition) is 5. The van der Waals surface area contributed by atoms with E-state index in [1.54, 1.807) is 10.6 Å². The van der Waals surface area contributed by atoms with Gasteiger partial charge in [-0.3, -0.25) is 9.20 Å². The van der Waals surface area contributed by atoms with Gasteiger partial charge < -0.3 is 10.1 Å². The molecule has 168 valence electrons. The van der Waals surface area contributed by atoms with Crippen LogP contribution in [0.4, 0.5) is 23.4 Å². The summed E-state index contributed by atoms with van der Waals surface area (Å²) in [6.07, 6.45) is -0.208. The van der Waals surface area contributed by atoms with Gasteiger partial charge in [0.15, 0.2) is 5.82 Å². The summed E-state index contributed by atoms with van der Waals surface area (Å²) in [7, 11) is 1.40. The summed E-state index contributed by atoms with van der Waals surface area (Å²) in [4.78, 5) is 24.9. The zero-order valence-electron chi connectivity index (χ0n) is 16.9. The molecule has 3 aromatic rings. The number of carbonyl (C=O) groups is 1. The van der Waals surface area contributed by atoms with E-state index in [1.807, 2.05) is 0 Å². The molecule has 0 aromatic carbocycles. The molecule has 0 aliphatic heterocycles. The zero-order valence-corrected chi connectivity index (χ0v) is 16.9. The number of nitrogens with zero attached hydrogens (tertiary/aromatic N) is 4. The van der Waals surface area contributed by atoms with E-state index < -0.39 is 29.9 Å². The summed E-state index contributed by atoms with van der Waals surface area (Å²) in [6.45, 7) is 0. The van der Waals surface area contributed by atoms with Crippen molar-refractivity contribution in [1.82, 2.24) is 19.4 Å².